The molecule has 1 atom stereocenters. The number of anilines is 1. The van der Waals surface area contributed by atoms with Crippen LogP contribution in [0.4, 0.5) is 5.69 Å². The number of carbonyl (C=O) groups is 2. The van der Waals surface area contributed by atoms with E-state index in [-0.39, 0.29) is 17.5 Å². The highest BCUT2D eigenvalue weighted by Crippen LogP contribution is 2.25. The van der Waals surface area contributed by atoms with Gasteiger partial charge in [-0.3, -0.25) is 9.59 Å². The highest BCUT2D eigenvalue weighted by atomic mass is 35.5. The number of benzene rings is 1. The van der Waals surface area contributed by atoms with Crippen molar-refractivity contribution in [1.29, 1.82) is 0 Å². The largest absolute Gasteiger partial charge is 0.366 e. The summed E-state index contributed by atoms with van der Waals surface area (Å²) in [7, 11) is 1.61. The molecule has 0 radical (unpaired) electrons. The molecule has 6 nitrogen and oxygen atoms in total. The third kappa shape index (κ3) is 2.86. The number of amides is 2. The fourth-order valence-electron chi connectivity index (χ4n) is 2.30. The zero-order valence-corrected chi connectivity index (χ0v) is 11.9. The van der Waals surface area contributed by atoms with Gasteiger partial charge in [-0.2, -0.15) is 0 Å². The van der Waals surface area contributed by atoms with Crippen LogP contribution in [-0.4, -0.2) is 44.5 Å². The Labute approximate surface area is 122 Å². The Kier molecular flexibility index (Phi) is 4.46. The predicted octanol–water partition coefficient (Wildman–Crippen LogP) is -0.0369. The average molecular weight is 297 g/mol. The van der Waals surface area contributed by atoms with Crippen molar-refractivity contribution in [2.24, 2.45) is 5.73 Å². The molecule has 20 heavy (non-hydrogen) atoms. The van der Waals surface area contributed by atoms with Gasteiger partial charge in [0, 0.05) is 32.4 Å². The van der Waals surface area contributed by atoms with E-state index < -0.39 is 5.91 Å². The van der Waals surface area contributed by atoms with Gasteiger partial charge in [-0.25, -0.2) is 0 Å². The molecule has 1 unspecified atom stereocenters. The number of nitrogens with two attached hydrogens (primary N) is 1. The summed E-state index contributed by atoms with van der Waals surface area (Å²) >= 11 is 6.06. The molecule has 2 amide bonds. The first-order valence-corrected chi connectivity index (χ1v) is 6.70. The highest BCUT2D eigenvalue weighted by molar-refractivity contribution is 6.34. The van der Waals surface area contributed by atoms with Gasteiger partial charge in [-0.1, -0.05) is 11.6 Å². The smallest absolute Gasteiger partial charge is 0.250 e. The maximum Gasteiger partial charge on any atom is 0.250 e. The predicted molar refractivity (Wildman–Crippen MR) is 78.0 cm³/mol. The summed E-state index contributed by atoms with van der Waals surface area (Å²) in [6.45, 7) is 2.03. The monoisotopic (exact) mass is 296 g/mol. The van der Waals surface area contributed by atoms with Gasteiger partial charge < -0.3 is 21.3 Å². The van der Waals surface area contributed by atoms with Crippen LogP contribution in [0.3, 0.4) is 0 Å². The summed E-state index contributed by atoms with van der Waals surface area (Å²) in [5.41, 5.74) is 6.31. The molecule has 0 aromatic heterocycles. The van der Waals surface area contributed by atoms with E-state index in [2.05, 4.69) is 10.6 Å². The van der Waals surface area contributed by atoms with E-state index >= 15 is 0 Å². The highest BCUT2D eigenvalue weighted by Gasteiger charge is 2.28. The second kappa shape index (κ2) is 6.11. The number of hydrogen-bond donors (Lipinski definition) is 3. The lowest BCUT2D eigenvalue weighted by atomic mass is 10.1. The van der Waals surface area contributed by atoms with Crippen molar-refractivity contribution in [3.05, 3.63) is 28.8 Å². The van der Waals surface area contributed by atoms with Crippen molar-refractivity contribution in [3.63, 3.8) is 0 Å². The molecule has 0 bridgehead atoms. The van der Waals surface area contributed by atoms with Crippen LogP contribution in [0.15, 0.2) is 18.2 Å². The number of likely N-dealkylation sites (N-methyl/N-ethyl adjacent to an activating group) is 1. The van der Waals surface area contributed by atoms with E-state index in [1.165, 1.54) is 0 Å². The van der Waals surface area contributed by atoms with Gasteiger partial charge in [-0.15, -0.1) is 0 Å². The molecular weight excluding hydrogens is 280 g/mol. The standard InChI is InChI=1S/C13H17ClN4O2/c1-16-13(20)11-7-17-4-5-18(11)8-2-3-9(12(15)19)10(14)6-8/h2-3,6,11,17H,4-5,7H2,1H3,(H2,15,19)(H,16,20). The van der Waals surface area contributed by atoms with Crippen molar-refractivity contribution in [2.45, 2.75) is 6.04 Å². The maximum atomic E-state index is 11.9. The van der Waals surface area contributed by atoms with Gasteiger partial charge in [0.1, 0.15) is 6.04 Å². The SMILES string of the molecule is CNC(=O)C1CNCCN1c1ccc(C(N)=O)c(Cl)c1. The van der Waals surface area contributed by atoms with Crippen LogP contribution in [0, 0.1) is 0 Å². The first-order chi connectivity index (χ1) is 9.54. The van der Waals surface area contributed by atoms with Crippen molar-refractivity contribution >= 4 is 29.1 Å². The summed E-state index contributed by atoms with van der Waals surface area (Å²) in [4.78, 5) is 25.1. The van der Waals surface area contributed by atoms with E-state index in [9.17, 15) is 9.59 Å². The Balaban J connectivity index is 2.31. The number of halogens is 1. The van der Waals surface area contributed by atoms with Gasteiger partial charge in [0.25, 0.3) is 0 Å². The number of nitrogens with one attached hydrogen (secondary N) is 2. The molecule has 1 aliphatic heterocycles. The zero-order valence-electron chi connectivity index (χ0n) is 11.1. The Morgan fingerprint density at radius 1 is 1.50 bits per heavy atom. The van der Waals surface area contributed by atoms with E-state index in [1.807, 2.05) is 4.90 Å². The van der Waals surface area contributed by atoms with Crippen LogP contribution in [0.5, 0.6) is 0 Å². The number of primary amides is 1. The van der Waals surface area contributed by atoms with Crippen LogP contribution >= 0.6 is 11.6 Å². The van der Waals surface area contributed by atoms with Crippen molar-refractivity contribution in [2.75, 3.05) is 31.6 Å². The number of piperazine rings is 1. The lowest BCUT2D eigenvalue weighted by Gasteiger charge is -2.36. The molecule has 7 heteroatoms. The molecule has 0 saturated carbocycles. The summed E-state index contributed by atoms with van der Waals surface area (Å²) in [6.07, 6.45) is 0. The van der Waals surface area contributed by atoms with E-state index in [0.717, 1.165) is 12.2 Å². The second-order valence-corrected chi connectivity index (χ2v) is 4.96. The first kappa shape index (κ1) is 14.6. The van der Waals surface area contributed by atoms with E-state index in [4.69, 9.17) is 17.3 Å². The molecule has 1 fully saturated rings. The van der Waals surface area contributed by atoms with E-state index in [0.29, 0.717) is 18.1 Å². The number of hydrogen-bond acceptors (Lipinski definition) is 4. The van der Waals surface area contributed by atoms with Crippen molar-refractivity contribution < 1.29 is 9.59 Å². The fraction of sp³-hybridized carbons (Fsp3) is 0.385. The van der Waals surface area contributed by atoms with Crippen LogP contribution in [0.2, 0.25) is 5.02 Å². The second-order valence-electron chi connectivity index (χ2n) is 4.56. The summed E-state index contributed by atoms with van der Waals surface area (Å²) in [5, 5.41) is 6.13. The molecule has 1 heterocycles. The summed E-state index contributed by atoms with van der Waals surface area (Å²) < 4.78 is 0. The Bertz CT molecular complexity index is 535. The first-order valence-electron chi connectivity index (χ1n) is 6.33. The van der Waals surface area contributed by atoms with E-state index in [1.54, 1.807) is 25.2 Å². The molecule has 2 rings (SSSR count). The fourth-order valence-corrected chi connectivity index (χ4v) is 2.56. The molecular formula is C13H17ClN4O2. The minimum atomic E-state index is -0.565. The molecule has 0 aliphatic carbocycles. The molecule has 1 saturated heterocycles. The van der Waals surface area contributed by atoms with Crippen LogP contribution in [-0.2, 0) is 4.79 Å². The van der Waals surface area contributed by atoms with Crippen LogP contribution < -0.4 is 21.3 Å². The number of rotatable bonds is 3. The minimum absolute atomic E-state index is 0.0627. The molecule has 0 spiro atoms. The Hall–Kier alpha value is -1.79. The molecule has 4 N–H and O–H groups in total. The van der Waals surface area contributed by atoms with Gasteiger partial charge in [-0.05, 0) is 18.2 Å². The van der Waals surface area contributed by atoms with Gasteiger partial charge in [0.2, 0.25) is 11.8 Å². The van der Waals surface area contributed by atoms with Gasteiger partial charge in [0.15, 0.2) is 0 Å². The lowest BCUT2D eigenvalue weighted by Crippen LogP contribution is -2.57. The average Bonchev–Trinajstić information content (AvgIpc) is 2.46. The topological polar surface area (TPSA) is 87.5 Å². The molecule has 1 aromatic rings. The minimum Gasteiger partial charge on any atom is -0.366 e. The number of nitrogens with zero attached hydrogens (tertiary/aromatic N) is 1. The molecule has 1 aliphatic rings. The third-order valence-electron chi connectivity index (χ3n) is 3.34. The van der Waals surface area contributed by atoms with Gasteiger partial charge in [0.05, 0.1) is 10.6 Å². The third-order valence-corrected chi connectivity index (χ3v) is 3.65. The Morgan fingerprint density at radius 2 is 2.25 bits per heavy atom. The summed E-state index contributed by atoms with van der Waals surface area (Å²) in [5.74, 6) is -0.628. The number of carbonyl (C=O) groups excluding carboxylic acids is 2. The van der Waals surface area contributed by atoms with Crippen LogP contribution in [0.25, 0.3) is 0 Å². The zero-order chi connectivity index (χ0) is 14.7. The molecule has 1 aromatic carbocycles. The normalized spacial score (nSPS) is 18.7. The summed E-state index contributed by atoms with van der Waals surface area (Å²) in [6, 6.07) is 4.71. The quantitative estimate of drug-likeness (QED) is 0.730. The maximum absolute atomic E-state index is 11.9. The lowest BCUT2D eigenvalue weighted by molar-refractivity contribution is -0.122. The van der Waals surface area contributed by atoms with Crippen LogP contribution in [0.1, 0.15) is 10.4 Å². The van der Waals surface area contributed by atoms with Crippen molar-refractivity contribution in [3.8, 4) is 0 Å². The molecule has 108 valence electrons. The Morgan fingerprint density at radius 3 is 2.85 bits per heavy atom. The van der Waals surface area contributed by atoms with Gasteiger partial charge >= 0.3 is 0 Å². The van der Waals surface area contributed by atoms with Crippen molar-refractivity contribution in [1.82, 2.24) is 10.6 Å².